The first-order valence-electron chi connectivity index (χ1n) is 6.78. The van der Waals surface area contributed by atoms with E-state index in [1.54, 1.807) is 12.1 Å². The zero-order valence-electron chi connectivity index (χ0n) is 11.1. The molecule has 0 aliphatic heterocycles. The van der Waals surface area contributed by atoms with Crippen LogP contribution in [-0.4, -0.2) is 4.92 Å². The van der Waals surface area contributed by atoms with Gasteiger partial charge in [0.15, 0.2) is 0 Å². The van der Waals surface area contributed by atoms with Crippen molar-refractivity contribution in [2.45, 2.75) is 25.4 Å². The van der Waals surface area contributed by atoms with Crippen LogP contribution in [0, 0.1) is 10.1 Å². The smallest absolute Gasteiger partial charge is 0.269 e. The summed E-state index contributed by atoms with van der Waals surface area (Å²) in [7, 11) is 0. The van der Waals surface area contributed by atoms with E-state index in [2.05, 4.69) is 29.6 Å². The van der Waals surface area contributed by atoms with Crippen LogP contribution in [0.1, 0.15) is 29.2 Å². The summed E-state index contributed by atoms with van der Waals surface area (Å²) in [5, 5.41) is 14.1. The summed E-state index contributed by atoms with van der Waals surface area (Å²) in [6.45, 7) is 0.733. The van der Waals surface area contributed by atoms with Crippen LogP contribution in [0.3, 0.4) is 0 Å². The first-order chi connectivity index (χ1) is 9.74. The lowest BCUT2D eigenvalue weighted by Crippen LogP contribution is -2.18. The maximum absolute atomic E-state index is 10.6. The maximum Gasteiger partial charge on any atom is 0.269 e. The second kappa shape index (κ2) is 5.43. The molecule has 0 saturated heterocycles. The third kappa shape index (κ3) is 2.56. The van der Waals surface area contributed by atoms with Crippen molar-refractivity contribution in [2.75, 3.05) is 0 Å². The van der Waals surface area contributed by atoms with Crippen molar-refractivity contribution in [2.24, 2.45) is 0 Å². The molecule has 3 rings (SSSR count). The third-order valence-corrected chi connectivity index (χ3v) is 3.83. The molecule has 0 saturated carbocycles. The highest BCUT2D eigenvalue weighted by Crippen LogP contribution is 2.30. The molecule has 1 unspecified atom stereocenters. The van der Waals surface area contributed by atoms with Crippen LogP contribution in [0.5, 0.6) is 0 Å². The molecule has 1 atom stereocenters. The highest BCUT2D eigenvalue weighted by atomic mass is 16.6. The Balaban J connectivity index is 1.64. The van der Waals surface area contributed by atoms with E-state index in [1.807, 2.05) is 12.1 Å². The number of hydrogen-bond acceptors (Lipinski definition) is 3. The summed E-state index contributed by atoms with van der Waals surface area (Å²) in [4.78, 5) is 10.2. The summed E-state index contributed by atoms with van der Waals surface area (Å²) in [5.41, 5.74) is 4.02. The molecule has 0 bridgehead atoms. The summed E-state index contributed by atoms with van der Waals surface area (Å²) in [6.07, 6.45) is 2.24. The first-order valence-corrected chi connectivity index (χ1v) is 6.78. The van der Waals surface area contributed by atoms with Gasteiger partial charge >= 0.3 is 0 Å². The van der Waals surface area contributed by atoms with Gasteiger partial charge in [-0.3, -0.25) is 10.1 Å². The predicted molar refractivity (Wildman–Crippen MR) is 77.4 cm³/mol. The molecule has 102 valence electrons. The lowest BCUT2D eigenvalue weighted by atomic mass is 10.1. The molecule has 0 spiro atoms. The minimum absolute atomic E-state index is 0.139. The van der Waals surface area contributed by atoms with Gasteiger partial charge in [-0.2, -0.15) is 0 Å². The molecular weight excluding hydrogens is 252 g/mol. The van der Waals surface area contributed by atoms with Crippen LogP contribution >= 0.6 is 0 Å². The molecule has 0 aromatic heterocycles. The van der Waals surface area contributed by atoms with Crippen molar-refractivity contribution in [3.05, 3.63) is 75.3 Å². The summed E-state index contributed by atoms with van der Waals surface area (Å²) in [6, 6.07) is 15.6. The Hall–Kier alpha value is -2.20. The van der Waals surface area contributed by atoms with E-state index in [0.29, 0.717) is 6.04 Å². The molecule has 4 heteroatoms. The predicted octanol–water partition coefficient (Wildman–Crippen LogP) is 3.37. The fourth-order valence-corrected chi connectivity index (χ4v) is 2.75. The Morgan fingerprint density at radius 1 is 1.15 bits per heavy atom. The van der Waals surface area contributed by atoms with E-state index in [4.69, 9.17) is 0 Å². The van der Waals surface area contributed by atoms with Gasteiger partial charge in [-0.15, -0.1) is 0 Å². The number of benzene rings is 2. The molecule has 1 aliphatic rings. The summed E-state index contributed by atoms with van der Waals surface area (Å²) >= 11 is 0. The van der Waals surface area contributed by atoms with Crippen molar-refractivity contribution in [1.29, 1.82) is 0 Å². The first kappa shape index (κ1) is 12.8. The fourth-order valence-electron chi connectivity index (χ4n) is 2.75. The zero-order valence-corrected chi connectivity index (χ0v) is 11.1. The lowest BCUT2D eigenvalue weighted by Gasteiger charge is -2.14. The molecule has 0 radical (unpaired) electrons. The third-order valence-electron chi connectivity index (χ3n) is 3.83. The Labute approximate surface area is 117 Å². The Kier molecular flexibility index (Phi) is 3.48. The number of nitrogens with zero attached hydrogens (tertiary/aromatic N) is 1. The molecule has 1 N–H and O–H groups in total. The van der Waals surface area contributed by atoms with Gasteiger partial charge in [0.2, 0.25) is 0 Å². The topological polar surface area (TPSA) is 55.2 Å². The monoisotopic (exact) mass is 268 g/mol. The van der Waals surface area contributed by atoms with Crippen LogP contribution in [-0.2, 0) is 13.0 Å². The number of nitro groups is 1. The van der Waals surface area contributed by atoms with Crippen molar-refractivity contribution < 1.29 is 4.92 Å². The molecule has 4 nitrogen and oxygen atoms in total. The molecular formula is C16H16N2O2. The van der Waals surface area contributed by atoms with Gasteiger partial charge in [-0.1, -0.05) is 36.4 Å². The van der Waals surface area contributed by atoms with Crippen LogP contribution in [0.2, 0.25) is 0 Å². The van der Waals surface area contributed by atoms with Crippen molar-refractivity contribution in [3.63, 3.8) is 0 Å². The standard InChI is InChI=1S/C16H16N2O2/c19-18(20)14-8-5-12(6-9-14)11-17-16-10-7-13-3-1-2-4-15(13)16/h1-6,8-9,16-17H,7,10-11H2. The minimum Gasteiger partial charge on any atom is -0.306 e. The molecule has 0 heterocycles. The number of nitrogens with one attached hydrogen (secondary N) is 1. The minimum atomic E-state index is -0.371. The summed E-state index contributed by atoms with van der Waals surface area (Å²) < 4.78 is 0. The second-order valence-corrected chi connectivity index (χ2v) is 5.09. The van der Waals surface area contributed by atoms with E-state index in [-0.39, 0.29) is 10.6 Å². The van der Waals surface area contributed by atoms with Gasteiger partial charge < -0.3 is 5.32 Å². The van der Waals surface area contributed by atoms with E-state index in [0.717, 1.165) is 24.9 Å². The highest BCUT2D eigenvalue weighted by molar-refractivity contribution is 5.35. The Morgan fingerprint density at radius 3 is 2.65 bits per heavy atom. The van der Waals surface area contributed by atoms with Crippen LogP contribution < -0.4 is 5.32 Å². The van der Waals surface area contributed by atoms with Gasteiger partial charge in [0.1, 0.15) is 0 Å². The average molecular weight is 268 g/mol. The van der Waals surface area contributed by atoms with Crippen LogP contribution in [0.15, 0.2) is 48.5 Å². The highest BCUT2D eigenvalue weighted by Gasteiger charge is 2.20. The Bertz CT molecular complexity index is 623. The van der Waals surface area contributed by atoms with E-state index in [9.17, 15) is 10.1 Å². The normalized spacial score (nSPS) is 16.9. The van der Waals surface area contributed by atoms with E-state index < -0.39 is 0 Å². The zero-order chi connectivity index (χ0) is 13.9. The number of fused-ring (bicyclic) bond motifs is 1. The van der Waals surface area contributed by atoms with Crippen molar-refractivity contribution >= 4 is 5.69 Å². The van der Waals surface area contributed by atoms with Gasteiger partial charge in [-0.05, 0) is 29.5 Å². The largest absolute Gasteiger partial charge is 0.306 e. The Morgan fingerprint density at radius 2 is 1.90 bits per heavy atom. The van der Waals surface area contributed by atoms with Gasteiger partial charge in [0.25, 0.3) is 5.69 Å². The molecule has 2 aromatic carbocycles. The fraction of sp³-hybridized carbons (Fsp3) is 0.250. The molecule has 20 heavy (non-hydrogen) atoms. The van der Waals surface area contributed by atoms with Gasteiger partial charge in [-0.25, -0.2) is 0 Å². The van der Waals surface area contributed by atoms with Crippen LogP contribution in [0.25, 0.3) is 0 Å². The molecule has 2 aromatic rings. The number of aryl methyl sites for hydroxylation is 1. The number of rotatable bonds is 4. The number of hydrogen-bond donors (Lipinski definition) is 1. The quantitative estimate of drug-likeness (QED) is 0.683. The van der Waals surface area contributed by atoms with Gasteiger partial charge in [0, 0.05) is 24.7 Å². The number of non-ortho nitro benzene ring substituents is 1. The van der Waals surface area contributed by atoms with Gasteiger partial charge in [0.05, 0.1) is 4.92 Å². The maximum atomic E-state index is 10.6. The average Bonchev–Trinajstić information content (AvgIpc) is 2.89. The lowest BCUT2D eigenvalue weighted by molar-refractivity contribution is -0.384. The SMILES string of the molecule is O=[N+]([O-])c1ccc(CNC2CCc3ccccc32)cc1. The molecule has 1 aliphatic carbocycles. The van der Waals surface area contributed by atoms with Crippen LogP contribution in [0.4, 0.5) is 5.69 Å². The van der Waals surface area contributed by atoms with E-state index in [1.165, 1.54) is 11.1 Å². The molecule has 0 fully saturated rings. The van der Waals surface area contributed by atoms with E-state index >= 15 is 0 Å². The molecule has 0 amide bonds. The summed E-state index contributed by atoms with van der Waals surface area (Å²) in [5.74, 6) is 0. The van der Waals surface area contributed by atoms with Crippen molar-refractivity contribution in [1.82, 2.24) is 5.32 Å². The number of nitro benzene ring substituents is 1. The second-order valence-electron chi connectivity index (χ2n) is 5.09. The van der Waals surface area contributed by atoms with Crippen molar-refractivity contribution in [3.8, 4) is 0 Å².